The third kappa shape index (κ3) is 4.58. The van der Waals surface area contributed by atoms with E-state index in [1.54, 1.807) is 17.3 Å². The van der Waals surface area contributed by atoms with Crippen LogP contribution < -0.4 is 20.4 Å². The molecule has 0 spiro atoms. The van der Waals surface area contributed by atoms with E-state index in [0.717, 1.165) is 42.0 Å². The highest BCUT2D eigenvalue weighted by molar-refractivity contribution is 6.03. The molecular formula is C23H27N7O. The molecule has 0 unspecified atom stereocenters. The molecule has 0 saturated heterocycles. The molecule has 3 heterocycles. The average molecular weight is 418 g/mol. The number of urea groups is 1. The molecule has 0 saturated carbocycles. The van der Waals surface area contributed by atoms with Crippen LogP contribution in [0, 0.1) is 0 Å². The molecule has 2 aromatic heterocycles. The Morgan fingerprint density at radius 2 is 2.10 bits per heavy atom. The lowest BCUT2D eigenvalue weighted by Gasteiger charge is -2.32. The van der Waals surface area contributed by atoms with E-state index in [4.69, 9.17) is 4.98 Å². The van der Waals surface area contributed by atoms with Crippen molar-refractivity contribution in [3.05, 3.63) is 55.0 Å². The standard InChI is InChI=1S/C23H27N7O/c1-16-6-5-11-25-20-10-9-19(17-7-4-8-18(14-17)29(2)3)27-22(20)30(16)23(31)28-21-15-24-12-13-26-21/h4,7-10,12-16,25H,5-6,11H2,1-3H3,(H,26,28,31)/t16-/m0/s1. The van der Waals surface area contributed by atoms with Crippen molar-refractivity contribution in [2.45, 2.75) is 25.8 Å². The highest BCUT2D eigenvalue weighted by Crippen LogP contribution is 2.33. The van der Waals surface area contributed by atoms with Gasteiger partial charge in [0.05, 0.1) is 17.6 Å². The summed E-state index contributed by atoms with van der Waals surface area (Å²) in [5.74, 6) is 1.02. The summed E-state index contributed by atoms with van der Waals surface area (Å²) in [4.78, 5) is 30.2. The third-order valence-electron chi connectivity index (χ3n) is 5.33. The Kier molecular flexibility index (Phi) is 5.97. The maximum Gasteiger partial charge on any atom is 0.329 e. The van der Waals surface area contributed by atoms with Gasteiger partial charge >= 0.3 is 6.03 Å². The van der Waals surface area contributed by atoms with Crippen molar-refractivity contribution < 1.29 is 4.79 Å². The lowest BCUT2D eigenvalue weighted by Crippen LogP contribution is -2.43. The molecule has 2 N–H and O–H groups in total. The van der Waals surface area contributed by atoms with Gasteiger partial charge in [0.25, 0.3) is 0 Å². The summed E-state index contributed by atoms with van der Waals surface area (Å²) in [5.41, 5.74) is 3.75. The van der Waals surface area contributed by atoms with Crippen LogP contribution in [-0.4, -0.2) is 47.7 Å². The summed E-state index contributed by atoms with van der Waals surface area (Å²) < 4.78 is 0. The van der Waals surface area contributed by atoms with Crippen molar-refractivity contribution in [2.24, 2.45) is 0 Å². The Labute approximate surface area is 182 Å². The zero-order chi connectivity index (χ0) is 21.8. The smallest absolute Gasteiger partial charge is 0.329 e. The normalized spacial score (nSPS) is 15.8. The van der Waals surface area contributed by atoms with E-state index in [-0.39, 0.29) is 12.1 Å². The second kappa shape index (κ2) is 8.99. The van der Waals surface area contributed by atoms with Gasteiger partial charge in [-0.05, 0) is 44.0 Å². The number of aromatic nitrogens is 3. The van der Waals surface area contributed by atoms with Gasteiger partial charge in [-0.1, -0.05) is 12.1 Å². The summed E-state index contributed by atoms with van der Waals surface area (Å²) >= 11 is 0. The third-order valence-corrected chi connectivity index (χ3v) is 5.33. The van der Waals surface area contributed by atoms with Gasteiger partial charge < -0.3 is 10.2 Å². The number of pyridine rings is 1. The summed E-state index contributed by atoms with van der Waals surface area (Å²) in [6.07, 6.45) is 6.48. The summed E-state index contributed by atoms with van der Waals surface area (Å²) in [5, 5.41) is 6.28. The number of anilines is 4. The number of nitrogens with zero attached hydrogens (tertiary/aromatic N) is 5. The van der Waals surface area contributed by atoms with Gasteiger partial charge in [-0.2, -0.15) is 0 Å². The van der Waals surface area contributed by atoms with Crippen LogP contribution in [0.2, 0.25) is 0 Å². The van der Waals surface area contributed by atoms with Crippen LogP contribution >= 0.6 is 0 Å². The molecule has 0 bridgehead atoms. The molecule has 1 atom stereocenters. The zero-order valence-corrected chi connectivity index (χ0v) is 18.0. The van der Waals surface area contributed by atoms with Crippen LogP contribution in [0.4, 0.5) is 27.8 Å². The van der Waals surface area contributed by atoms with Gasteiger partial charge in [-0.15, -0.1) is 0 Å². The fraction of sp³-hybridized carbons (Fsp3) is 0.304. The number of hydrogen-bond donors (Lipinski definition) is 2. The Hall–Kier alpha value is -3.68. The van der Waals surface area contributed by atoms with Crippen LogP contribution in [0.1, 0.15) is 19.8 Å². The molecule has 0 radical (unpaired) electrons. The molecule has 8 heteroatoms. The Morgan fingerprint density at radius 1 is 1.23 bits per heavy atom. The van der Waals surface area contributed by atoms with Crippen LogP contribution in [0.25, 0.3) is 11.3 Å². The van der Waals surface area contributed by atoms with E-state index in [1.165, 1.54) is 6.20 Å². The topological polar surface area (TPSA) is 86.3 Å². The van der Waals surface area contributed by atoms with Crippen LogP contribution in [0.5, 0.6) is 0 Å². The molecule has 8 nitrogen and oxygen atoms in total. The Balaban J connectivity index is 1.74. The van der Waals surface area contributed by atoms with Gasteiger partial charge in [0, 0.05) is 50.3 Å². The lowest BCUT2D eigenvalue weighted by atomic mass is 10.1. The van der Waals surface area contributed by atoms with E-state index >= 15 is 0 Å². The second-order valence-electron chi connectivity index (χ2n) is 7.82. The fourth-order valence-electron chi connectivity index (χ4n) is 3.66. The van der Waals surface area contributed by atoms with Gasteiger partial charge in [-0.3, -0.25) is 15.2 Å². The van der Waals surface area contributed by atoms with Crippen molar-refractivity contribution in [3.8, 4) is 11.3 Å². The number of amides is 2. The van der Waals surface area contributed by atoms with Crippen molar-refractivity contribution >= 4 is 29.0 Å². The molecule has 1 aliphatic rings. The molecule has 160 valence electrons. The quantitative estimate of drug-likeness (QED) is 0.663. The molecule has 0 fully saturated rings. The minimum absolute atomic E-state index is 0.0200. The summed E-state index contributed by atoms with van der Waals surface area (Å²) in [6.45, 7) is 2.89. The second-order valence-corrected chi connectivity index (χ2v) is 7.82. The molecule has 0 aliphatic carbocycles. The largest absolute Gasteiger partial charge is 0.382 e. The van der Waals surface area contributed by atoms with Gasteiger partial charge in [0.2, 0.25) is 0 Å². The van der Waals surface area contributed by atoms with Gasteiger partial charge in [0.1, 0.15) is 0 Å². The molecular weight excluding hydrogens is 390 g/mol. The predicted octanol–water partition coefficient (Wildman–Crippen LogP) is 4.24. The maximum absolute atomic E-state index is 13.3. The van der Waals surface area contributed by atoms with Crippen LogP contribution in [0.3, 0.4) is 0 Å². The number of carbonyl (C=O) groups is 1. The molecule has 1 aromatic carbocycles. The lowest BCUT2D eigenvalue weighted by molar-refractivity contribution is 0.254. The van der Waals surface area contributed by atoms with Crippen LogP contribution in [-0.2, 0) is 0 Å². The molecule has 31 heavy (non-hydrogen) atoms. The first kappa shape index (κ1) is 20.6. The van der Waals surface area contributed by atoms with Crippen molar-refractivity contribution in [2.75, 3.05) is 41.1 Å². The Morgan fingerprint density at radius 3 is 2.87 bits per heavy atom. The molecule has 3 aromatic rings. The first-order valence-electron chi connectivity index (χ1n) is 10.4. The van der Waals surface area contributed by atoms with Crippen LogP contribution in [0.15, 0.2) is 55.0 Å². The van der Waals surface area contributed by atoms with E-state index in [0.29, 0.717) is 11.6 Å². The van der Waals surface area contributed by atoms with Crippen molar-refractivity contribution in [1.29, 1.82) is 0 Å². The SMILES string of the molecule is C[C@H]1CCCNc2ccc(-c3cccc(N(C)C)c3)nc2N1C(=O)Nc1cnccn1. The van der Waals surface area contributed by atoms with E-state index < -0.39 is 0 Å². The number of fused-ring (bicyclic) bond motifs is 1. The number of nitrogens with one attached hydrogen (secondary N) is 2. The van der Waals surface area contributed by atoms with E-state index in [9.17, 15) is 4.79 Å². The first-order chi connectivity index (χ1) is 15.0. The number of carbonyl (C=O) groups excluding carboxylic acids is 1. The van der Waals surface area contributed by atoms with Gasteiger partial charge in [0.15, 0.2) is 11.6 Å². The Bertz CT molecular complexity index is 1050. The predicted molar refractivity (Wildman–Crippen MR) is 125 cm³/mol. The monoisotopic (exact) mass is 417 g/mol. The van der Waals surface area contributed by atoms with Gasteiger partial charge in [-0.25, -0.2) is 14.8 Å². The highest BCUT2D eigenvalue weighted by atomic mass is 16.2. The van der Waals surface area contributed by atoms with E-state index in [2.05, 4.69) is 37.6 Å². The summed E-state index contributed by atoms with van der Waals surface area (Å²) in [6, 6.07) is 11.9. The minimum Gasteiger partial charge on any atom is -0.382 e. The fourth-order valence-corrected chi connectivity index (χ4v) is 3.66. The number of benzene rings is 1. The van der Waals surface area contributed by atoms with Crippen molar-refractivity contribution in [3.63, 3.8) is 0 Å². The molecule has 2 amide bonds. The molecule has 4 rings (SSSR count). The average Bonchev–Trinajstić information content (AvgIpc) is 2.77. The number of hydrogen-bond acceptors (Lipinski definition) is 6. The van der Waals surface area contributed by atoms with E-state index in [1.807, 2.05) is 45.3 Å². The van der Waals surface area contributed by atoms with Crippen molar-refractivity contribution in [1.82, 2.24) is 15.0 Å². The first-order valence-corrected chi connectivity index (χ1v) is 10.4. The number of rotatable bonds is 3. The minimum atomic E-state index is -0.273. The maximum atomic E-state index is 13.3. The molecule has 1 aliphatic heterocycles. The summed E-state index contributed by atoms with van der Waals surface area (Å²) in [7, 11) is 4.02. The highest BCUT2D eigenvalue weighted by Gasteiger charge is 2.28. The zero-order valence-electron chi connectivity index (χ0n) is 18.0.